The number of hydrogen-bond donors (Lipinski definition) is 0. The summed E-state index contributed by atoms with van der Waals surface area (Å²) in [4.78, 5) is 11.1. The van der Waals surface area contributed by atoms with E-state index in [0.29, 0.717) is 12.5 Å². The first-order valence-corrected chi connectivity index (χ1v) is 5.38. The summed E-state index contributed by atoms with van der Waals surface area (Å²) in [5.74, 6) is 0.326. The molecule has 1 rings (SSSR count). The van der Waals surface area contributed by atoms with Crippen molar-refractivity contribution in [1.29, 1.82) is 0 Å². The van der Waals surface area contributed by atoms with Crippen LogP contribution < -0.4 is 0 Å². The van der Waals surface area contributed by atoms with E-state index >= 15 is 0 Å². The van der Waals surface area contributed by atoms with Crippen LogP contribution in [-0.4, -0.2) is 18.9 Å². The fourth-order valence-electron chi connectivity index (χ4n) is 1.77. The van der Waals surface area contributed by atoms with Crippen LogP contribution in [-0.2, 0) is 9.47 Å². The normalized spacial score (nSPS) is 26.7. The molecular weight excluding hydrogens is 192 g/mol. The lowest BCUT2D eigenvalue weighted by Gasteiger charge is -2.04. The minimum Gasteiger partial charge on any atom is -0.435 e. The maximum absolute atomic E-state index is 11.1. The minimum absolute atomic E-state index is 0.0357. The molecule has 2 atom stereocenters. The van der Waals surface area contributed by atoms with Gasteiger partial charge in [-0.2, -0.15) is 0 Å². The zero-order valence-corrected chi connectivity index (χ0v) is 10.2. The van der Waals surface area contributed by atoms with Crippen LogP contribution >= 0.6 is 0 Å². The van der Waals surface area contributed by atoms with Gasteiger partial charge >= 0.3 is 6.16 Å². The van der Waals surface area contributed by atoms with Crippen LogP contribution in [0.2, 0.25) is 0 Å². The van der Waals surface area contributed by atoms with Crippen LogP contribution in [0.3, 0.4) is 0 Å². The molecule has 0 spiro atoms. The molecule has 1 saturated carbocycles. The number of carbonyl (C=O) groups excluding carboxylic acids is 1. The van der Waals surface area contributed by atoms with Crippen LogP contribution in [0.4, 0.5) is 4.79 Å². The maximum atomic E-state index is 11.1. The highest BCUT2D eigenvalue weighted by atomic mass is 16.7. The summed E-state index contributed by atoms with van der Waals surface area (Å²) in [6, 6.07) is 0. The lowest BCUT2D eigenvalue weighted by Crippen LogP contribution is -2.11. The molecule has 0 aromatic carbocycles. The largest absolute Gasteiger partial charge is 0.508 e. The standard InChI is InChI=1S/C12H20O3/c1-6-14-11(13)15-10-9(7-8(2)3)12(10,4)5/h7,9-10H,6H2,1-5H3. The summed E-state index contributed by atoms with van der Waals surface area (Å²) in [7, 11) is 0. The first-order chi connectivity index (χ1) is 6.89. The minimum atomic E-state index is -0.555. The fraction of sp³-hybridized carbons (Fsp3) is 0.750. The Morgan fingerprint density at radius 2 is 2.00 bits per heavy atom. The number of hydrogen-bond acceptors (Lipinski definition) is 3. The van der Waals surface area contributed by atoms with Gasteiger partial charge in [-0.3, -0.25) is 0 Å². The van der Waals surface area contributed by atoms with Crippen molar-refractivity contribution >= 4 is 6.16 Å². The van der Waals surface area contributed by atoms with E-state index in [1.165, 1.54) is 5.57 Å². The zero-order chi connectivity index (χ0) is 11.6. The van der Waals surface area contributed by atoms with Crippen molar-refractivity contribution in [1.82, 2.24) is 0 Å². The molecule has 2 unspecified atom stereocenters. The van der Waals surface area contributed by atoms with Crippen LogP contribution in [0.15, 0.2) is 11.6 Å². The van der Waals surface area contributed by atoms with Gasteiger partial charge in [-0.15, -0.1) is 0 Å². The molecule has 0 heterocycles. The molecule has 0 bridgehead atoms. The molecule has 0 aromatic rings. The molecule has 3 heteroatoms. The van der Waals surface area contributed by atoms with Gasteiger partial charge in [-0.25, -0.2) is 4.79 Å². The number of carbonyl (C=O) groups is 1. The zero-order valence-electron chi connectivity index (χ0n) is 10.2. The molecule has 0 saturated heterocycles. The Hall–Kier alpha value is -0.990. The summed E-state index contributed by atoms with van der Waals surface area (Å²) in [5.41, 5.74) is 1.30. The summed E-state index contributed by atoms with van der Waals surface area (Å²) < 4.78 is 9.98. The van der Waals surface area contributed by atoms with Crippen LogP contribution in [0.1, 0.15) is 34.6 Å². The fourth-order valence-corrected chi connectivity index (χ4v) is 1.77. The topological polar surface area (TPSA) is 35.5 Å². The summed E-state index contributed by atoms with van der Waals surface area (Å²) in [6.45, 7) is 10.4. The summed E-state index contributed by atoms with van der Waals surface area (Å²) in [5, 5.41) is 0. The van der Waals surface area contributed by atoms with Gasteiger partial charge in [0.15, 0.2) is 0 Å². The first-order valence-electron chi connectivity index (χ1n) is 5.38. The molecule has 0 aliphatic heterocycles. The molecular formula is C12H20O3. The van der Waals surface area contributed by atoms with Gasteiger partial charge in [0.1, 0.15) is 6.10 Å². The molecule has 86 valence electrons. The average molecular weight is 212 g/mol. The van der Waals surface area contributed by atoms with Crippen molar-refractivity contribution in [3.63, 3.8) is 0 Å². The molecule has 1 aliphatic rings. The van der Waals surface area contributed by atoms with Gasteiger partial charge in [0, 0.05) is 11.3 Å². The van der Waals surface area contributed by atoms with Gasteiger partial charge in [0.05, 0.1) is 6.61 Å². The second kappa shape index (κ2) is 4.25. The van der Waals surface area contributed by atoms with Crippen molar-refractivity contribution < 1.29 is 14.3 Å². The summed E-state index contributed by atoms with van der Waals surface area (Å²) in [6.07, 6.45) is 1.57. The smallest absolute Gasteiger partial charge is 0.435 e. The lowest BCUT2D eigenvalue weighted by molar-refractivity contribution is 0.0439. The van der Waals surface area contributed by atoms with Crippen molar-refractivity contribution in [2.24, 2.45) is 11.3 Å². The van der Waals surface area contributed by atoms with Crippen molar-refractivity contribution in [3.8, 4) is 0 Å². The Bertz CT molecular complexity index is 275. The van der Waals surface area contributed by atoms with E-state index in [-0.39, 0.29) is 11.5 Å². The Morgan fingerprint density at radius 1 is 1.40 bits per heavy atom. The number of rotatable bonds is 3. The highest BCUT2D eigenvalue weighted by Crippen LogP contribution is 2.55. The highest BCUT2D eigenvalue weighted by molar-refractivity contribution is 5.60. The monoisotopic (exact) mass is 212 g/mol. The number of allylic oxidation sites excluding steroid dienone is 1. The van der Waals surface area contributed by atoms with E-state index in [9.17, 15) is 4.79 Å². The van der Waals surface area contributed by atoms with Crippen molar-refractivity contribution in [2.45, 2.75) is 40.7 Å². The maximum Gasteiger partial charge on any atom is 0.508 e. The molecule has 0 N–H and O–H groups in total. The third kappa shape index (κ3) is 2.74. The Kier molecular flexibility index (Phi) is 3.42. The predicted molar refractivity (Wildman–Crippen MR) is 58.6 cm³/mol. The van der Waals surface area contributed by atoms with Gasteiger partial charge in [0.25, 0.3) is 0 Å². The van der Waals surface area contributed by atoms with E-state index in [1.54, 1.807) is 6.92 Å². The molecule has 1 aliphatic carbocycles. The molecule has 1 fully saturated rings. The van der Waals surface area contributed by atoms with Crippen molar-refractivity contribution in [2.75, 3.05) is 6.61 Å². The predicted octanol–water partition coefficient (Wildman–Crippen LogP) is 3.15. The highest BCUT2D eigenvalue weighted by Gasteiger charge is 2.59. The quantitative estimate of drug-likeness (QED) is 0.532. The molecule has 0 radical (unpaired) electrons. The molecule has 0 aromatic heterocycles. The Morgan fingerprint density at radius 3 is 2.47 bits per heavy atom. The Balaban J connectivity index is 2.52. The van der Waals surface area contributed by atoms with E-state index < -0.39 is 6.16 Å². The SMILES string of the molecule is CCOC(=O)OC1C(C=C(C)C)C1(C)C. The number of ether oxygens (including phenoxy) is 2. The van der Waals surface area contributed by atoms with Gasteiger partial charge < -0.3 is 9.47 Å². The van der Waals surface area contributed by atoms with Crippen LogP contribution in [0.5, 0.6) is 0 Å². The van der Waals surface area contributed by atoms with E-state index in [2.05, 4.69) is 33.8 Å². The van der Waals surface area contributed by atoms with Crippen molar-refractivity contribution in [3.05, 3.63) is 11.6 Å². The van der Waals surface area contributed by atoms with Crippen LogP contribution in [0, 0.1) is 11.3 Å². The Labute approximate surface area is 91.4 Å². The second-order valence-corrected chi connectivity index (χ2v) is 4.81. The first kappa shape index (κ1) is 12.1. The van der Waals surface area contributed by atoms with Gasteiger partial charge in [-0.05, 0) is 20.8 Å². The van der Waals surface area contributed by atoms with Crippen LogP contribution in [0.25, 0.3) is 0 Å². The van der Waals surface area contributed by atoms with E-state index in [1.807, 2.05) is 0 Å². The third-order valence-electron chi connectivity index (χ3n) is 2.81. The molecule has 15 heavy (non-hydrogen) atoms. The molecule has 0 amide bonds. The summed E-state index contributed by atoms with van der Waals surface area (Å²) >= 11 is 0. The second-order valence-electron chi connectivity index (χ2n) is 4.81. The average Bonchev–Trinajstić information content (AvgIpc) is 2.55. The lowest BCUT2D eigenvalue weighted by atomic mass is 10.1. The van der Waals surface area contributed by atoms with Gasteiger partial charge in [0.2, 0.25) is 0 Å². The van der Waals surface area contributed by atoms with Gasteiger partial charge in [-0.1, -0.05) is 25.5 Å². The molecule has 3 nitrogen and oxygen atoms in total. The van der Waals surface area contributed by atoms with E-state index in [0.717, 1.165) is 0 Å². The third-order valence-corrected chi connectivity index (χ3v) is 2.81. The van der Waals surface area contributed by atoms with E-state index in [4.69, 9.17) is 9.47 Å².